The van der Waals surface area contributed by atoms with Crippen LogP contribution in [0.5, 0.6) is 11.5 Å². The number of hydrazone groups is 1. The monoisotopic (exact) mass is 410 g/mol. The molecule has 2 atom stereocenters. The quantitative estimate of drug-likeness (QED) is 0.583. The Labute approximate surface area is 171 Å². The first-order chi connectivity index (χ1) is 14.5. The van der Waals surface area contributed by atoms with Crippen molar-refractivity contribution < 1.29 is 22.6 Å². The van der Waals surface area contributed by atoms with Crippen molar-refractivity contribution in [1.29, 1.82) is 0 Å². The van der Waals surface area contributed by atoms with Crippen LogP contribution in [-0.2, 0) is 0 Å². The molecule has 0 aliphatic carbocycles. The van der Waals surface area contributed by atoms with Crippen LogP contribution in [0.25, 0.3) is 0 Å². The molecule has 5 rings (SSSR count). The summed E-state index contributed by atoms with van der Waals surface area (Å²) in [5, 5.41) is 6.46. The first-order valence-corrected chi connectivity index (χ1v) is 9.45. The molecule has 2 heterocycles. The van der Waals surface area contributed by atoms with Crippen LogP contribution in [0.3, 0.4) is 0 Å². The van der Waals surface area contributed by atoms with Crippen molar-refractivity contribution in [1.82, 2.24) is 5.01 Å². The summed E-state index contributed by atoms with van der Waals surface area (Å²) in [5.41, 5.74) is 2.86. The van der Waals surface area contributed by atoms with Gasteiger partial charge in [-0.25, -0.2) is 18.2 Å². The lowest BCUT2D eigenvalue weighted by Crippen LogP contribution is -2.34. The molecule has 0 spiro atoms. The standard InChI is InChI=1S/C23H17F3N2O2/c1-29-21-4-2-3-16-20-12-19(13-5-8-15(24)9-6-13)27-28(20)23(30-22(16)21)14-7-10-17(25)18(26)11-14/h2-11,20,23H,12H2,1H3/t20-,23-/m1/s1. The lowest BCUT2D eigenvalue weighted by Gasteiger charge is -2.38. The van der Waals surface area contributed by atoms with Crippen LogP contribution < -0.4 is 9.47 Å². The normalized spacial score (nSPS) is 19.6. The maximum Gasteiger partial charge on any atom is 0.214 e. The maximum absolute atomic E-state index is 14.0. The van der Waals surface area contributed by atoms with E-state index in [1.54, 1.807) is 30.3 Å². The molecule has 2 aliphatic rings. The Hall–Kier alpha value is -3.48. The number of methoxy groups -OCH3 is 1. The second-order valence-electron chi connectivity index (χ2n) is 7.18. The van der Waals surface area contributed by atoms with E-state index < -0.39 is 17.9 Å². The van der Waals surface area contributed by atoms with Crippen molar-refractivity contribution in [2.24, 2.45) is 5.10 Å². The van der Waals surface area contributed by atoms with Gasteiger partial charge in [0.05, 0.1) is 18.9 Å². The number of ether oxygens (including phenoxy) is 2. The van der Waals surface area contributed by atoms with Crippen LogP contribution >= 0.6 is 0 Å². The topological polar surface area (TPSA) is 34.1 Å². The fraction of sp³-hybridized carbons (Fsp3) is 0.174. The van der Waals surface area contributed by atoms with Crippen LogP contribution in [0.4, 0.5) is 13.2 Å². The van der Waals surface area contributed by atoms with E-state index in [0.29, 0.717) is 23.5 Å². The molecule has 0 bridgehead atoms. The number of benzene rings is 3. The molecule has 7 heteroatoms. The van der Waals surface area contributed by atoms with E-state index in [4.69, 9.17) is 14.6 Å². The predicted molar refractivity (Wildman–Crippen MR) is 105 cm³/mol. The second kappa shape index (κ2) is 7.09. The van der Waals surface area contributed by atoms with E-state index in [2.05, 4.69) is 0 Å². The molecular formula is C23H17F3N2O2. The van der Waals surface area contributed by atoms with E-state index in [0.717, 1.165) is 29.0 Å². The molecule has 30 heavy (non-hydrogen) atoms. The lowest BCUT2D eigenvalue weighted by atomic mass is 9.95. The minimum atomic E-state index is -0.958. The minimum Gasteiger partial charge on any atom is -0.493 e. The number of fused-ring (bicyclic) bond motifs is 3. The molecule has 0 saturated heterocycles. The van der Waals surface area contributed by atoms with Gasteiger partial charge in [0.25, 0.3) is 0 Å². The molecule has 0 unspecified atom stereocenters. The van der Waals surface area contributed by atoms with Crippen molar-refractivity contribution in [3.63, 3.8) is 0 Å². The van der Waals surface area contributed by atoms with E-state index in [-0.39, 0.29) is 11.9 Å². The highest BCUT2D eigenvalue weighted by molar-refractivity contribution is 6.02. The Balaban J connectivity index is 1.62. The molecule has 2 aliphatic heterocycles. The molecule has 0 fully saturated rings. The number of nitrogens with zero attached hydrogens (tertiary/aromatic N) is 2. The Morgan fingerprint density at radius 3 is 2.53 bits per heavy atom. The highest BCUT2D eigenvalue weighted by Gasteiger charge is 2.42. The Kier molecular flexibility index (Phi) is 4.38. The predicted octanol–water partition coefficient (Wildman–Crippen LogP) is 5.35. The summed E-state index contributed by atoms with van der Waals surface area (Å²) in [6.07, 6.45) is -0.221. The number of hydrogen-bond acceptors (Lipinski definition) is 4. The SMILES string of the molecule is COc1cccc2c1O[C@H](c1ccc(F)c(F)c1)N1N=C(c3ccc(F)cc3)C[C@H]21. The number of hydrogen-bond donors (Lipinski definition) is 0. The van der Waals surface area contributed by atoms with Crippen molar-refractivity contribution in [2.45, 2.75) is 18.7 Å². The number of para-hydroxylation sites is 1. The third kappa shape index (κ3) is 2.98. The fourth-order valence-electron chi connectivity index (χ4n) is 3.95. The van der Waals surface area contributed by atoms with Crippen molar-refractivity contribution in [3.8, 4) is 11.5 Å². The molecule has 0 radical (unpaired) electrons. The molecular weight excluding hydrogens is 393 g/mol. The smallest absolute Gasteiger partial charge is 0.214 e. The van der Waals surface area contributed by atoms with E-state index in [1.807, 2.05) is 12.1 Å². The summed E-state index contributed by atoms with van der Waals surface area (Å²) in [6.45, 7) is 0. The maximum atomic E-state index is 14.0. The summed E-state index contributed by atoms with van der Waals surface area (Å²) in [7, 11) is 1.55. The average molecular weight is 410 g/mol. The van der Waals surface area contributed by atoms with Crippen molar-refractivity contribution in [3.05, 3.63) is 94.8 Å². The molecule has 152 valence electrons. The van der Waals surface area contributed by atoms with Gasteiger partial charge in [0, 0.05) is 17.5 Å². The summed E-state index contributed by atoms with van der Waals surface area (Å²) < 4.78 is 52.5. The first kappa shape index (κ1) is 18.5. The van der Waals surface area contributed by atoms with Gasteiger partial charge < -0.3 is 9.47 Å². The van der Waals surface area contributed by atoms with Gasteiger partial charge in [0.1, 0.15) is 5.82 Å². The zero-order valence-electron chi connectivity index (χ0n) is 16.0. The molecule has 0 amide bonds. The van der Waals surface area contributed by atoms with Gasteiger partial charge >= 0.3 is 0 Å². The molecule has 4 nitrogen and oxygen atoms in total. The third-order valence-corrected chi connectivity index (χ3v) is 5.41. The minimum absolute atomic E-state index is 0.193. The van der Waals surface area contributed by atoms with E-state index in [9.17, 15) is 13.2 Å². The highest BCUT2D eigenvalue weighted by atomic mass is 19.2. The fourth-order valence-corrected chi connectivity index (χ4v) is 3.95. The third-order valence-electron chi connectivity index (χ3n) is 5.41. The van der Waals surface area contributed by atoms with Crippen LogP contribution in [0, 0.1) is 17.5 Å². The van der Waals surface area contributed by atoms with E-state index in [1.165, 1.54) is 18.2 Å². The number of halogens is 3. The van der Waals surface area contributed by atoms with Gasteiger partial charge in [-0.15, -0.1) is 0 Å². The van der Waals surface area contributed by atoms with Gasteiger partial charge in [-0.3, -0.25) is 0 Å². The van der Waals surface area contributed by atoms with Crippen molar-refractivity contribution in [2.75, 3.05) is 7.11 Å². The zero-order valence-corrected chi connectivity index (χ0v) is 16.0. The van der Waals surface area contributed by atoms with Crippen LogP contribution in [0.1, 0.15) is 35.4 Å². The molecule has 0 N–H and O–H groups in total. The van der Waals surface area contributed by atoms with Gasteiger partial charge in [0.15, 0.2) is 23.1 Å². The van der Waals surface area contributed by atoms with Crippen molar-refractivity contribution >= 4 is 5.71 Å². The Morgan fingerprint density at radius 2 is 1.80 bits per heavy atom. The van der Waals surface area contributed by atoms with Gasteiger partial charge in [-0.05, 0) is 35.9 Å². The van der Waals surface area contributed by atoms with Gasteiger partial charge in [-0.1, -0.05) is 30.3 Å². The summed E-state index contributed by atoms with van der Waals surface area (Å²) >= 11 is 0. The highest BCUT2D eigenvalue weighted by Crippen LogP contribution is 2.50. The Morgan fingerprint density at radius 1 is 1.00 bits per heavy atom. The molecule has 3 aromatic rings. The summed E-state index contributed by atoms with van der Waals surface area (Å²) in [6, 6.07) is 15.2. The molecule has 0 aromatic heterocycles. The van der Waals surface area contributed by atoms with Crippen LogP contribution in [0.2, 0.25) is 0 Å². The first-order valence-electron chi connectivity index (χ1n) is 9.45. The largest absolute Gasteiger partial charge is 0.493 e. The lowest BCUT2D eigenvalue weighted by molar-refractivity contribution is -0.0211. The van der Waals surface area contributed by atoms with Gasteiger partial charge in [-0.2, -0.15) is 5.10 Å². The number of rotatable bonds is 3. The summed E-state index contributed by atoms with van der Waals surface area (Å²) in [5.74, 6) is -1.11. The van der Waals surface area contributed by atoms with Crippen LogP contribution in [0.15, 0.2) is 65.8 Å². The van der Waals surface area contributed by atoms with E-state index >= 15 is 0 Å². The molecule has 0 saturated carbocycles. The van der Waals surface area contributed by atoms with Gasteiger partial charge in [0.2, 0.25) is 6.23 Å². The zero-order chi connectivity index (χ0) is 20.8. The average Bonchev–Trinajstić information content (AvgIpc) is 3.21. The van der Waals surface area contributed by atoms with Crippen LogP contribution in [-0.4, -0.2) is 17.8 Å². The molecule has 3 aromatic carbocycles. The summed E-state index contributed by atoms with van der Waals surface area (Å²) in [4.78, 5) is 0. The Bertz CT molecular complexity index is 1150. The second-order valence-corrected chi connectivity index (χ2v) is 7.18.